The molecule has 4 nitrogen and oxygen atoms in total. The molecule has 4 heteroatoms. The van der Waals surface area contributed by atoms with Crippen molar-refractivity contribution in [2.24, 2.45) is 0 Å². The molecule has 0 bridgehead atoms. The molecule has 2 aromatic rings. The number of hydrogen-bond acceptors (Lipinski definition) is 4. The third kappa shape index (κ3) is 1.35. The van der Waals surface area contributed by atoms with E-state index in [1.165, 1.54) is 0 Å². The number of nitrogens with zero attached hydrogens (tertiary/aromatic N) is 2. The van der Waals surface area contributed by atoms with E-state index in [1.807, 2.05) is 25.1 Å². The van der Waals surface area contributed by atoms with Gasteiger partial charge in [0.1, 0.15) is 5.82 Å². The Labute approximate surface area is 81.7 Å². The number of aromatic nitrogens is 2. The summed E-state index contributed by atoms with van der Waals surface area (Å²) in [5.41, 5.74) is 7.21. The maximum absolute atomic E-state index is 5.67. The molecular formula is C10H11N3O. The van der Waals surface area contributed by atoms with E-state index in [1.54, 1.807) is 7.11 Å². The van der Waals surface area contributed by atoms with E-state index in [0.29, 0.717) is 17.4 Å². The van der Waals surface area contributed by atoms with Gasteiger partial charge in [-0.05, 0) is 25.1 Å². The van der Waals surface area contributed by atoms with Gasteiger partial charge in [-0.2, -0.15) is 4.98 Å². The van der Waals surface area contributed by atoms with E-state index < -0.39 is 0 Å². The molecule has 0 amide bonds. The molecule has 0 aliphatic heterocycles. The lowest BCUT2D eigenvalue weighted by atomic mass is 10.2. The van der Waals surface area contributed by atoms with Gasteiger partial charge in [0.25, 0.3) is 0 Å². The summed E-state index contributed by atoms with van der Waals surface area (Å²) in [6.45, 7) is 1.83. The number of nitrogens with two attached hydrogens (primary N) is 1. The van der Waals surface area contributed by atoms with Gasteiger partial charge < -0.3 is 10.5 Å². The van der Waals surface area contributed by atoms with Crippen molar-refractivity contribution >= 4 is 16.6 Å². The number of benzene rings is 1. The lowest BCUT2D eigenvalue weighted by Gasteiger charge is -2.05. The summed E-state index contributed by atoms with van der Waals surface area (Å²) >= 11 is 0. The molecule has 1 heterocycles. The second-order valence-corrected chi connectivity index (χ2v) is 3.06. The summed E-state index contributed by atoms with van der Waals surface area (Å²) in [6, 6.07) is 5.49. The quantitative estimate of drug-likeness (QED) is 0.691. The average Bonchev–Trinajstić information content (AvgIpc) is 2.17. The first-order valence-electron chi connectivity index (χ1n) is 4.28. The van der Waals surface area contributed by atoms with Crippen LogP contribution in [0.2, 0.25) is 0 Å². The van der Waals surface area contributed by atoms with Gasteiger partial charge in [-0.25, -0.2) is 4.98 Å². The van der Waals surface area contributed by atoms with Gasteiger partial charge in [0.05, 0.1) is 18.0 Å². The molecule has 0 fully saturated rings. The number of methoxy groups -OCH3 is 1. The van der Waals surface area contributed by atoms with E-state index in [4.69, 9.17) is 10.5 Å². The fourth-order valence-corrected chi connectivity index (χ4v) is 1.38. The van der Waals surface area contributed by atoms with Crippen LogP contribution in [0, 0.1) is 6.92 Å². The largest absolute Gasteiger partial charge is 0.480 e. The number of nitrogen functional groups attached to an aromatic ring is 1. The van der Waals surface area contributed by atoms with Gasteiger partial charge >= 0.3 is 0 Å². The molecule has 14 heavy (non-hydrogen) atoms. The van der Waals surface area contributed by atoms with Gasteiger partial charge in [0.15, 0.2) is 0 Å². The average molecular weight is 189 g/mol. The standard InChI is InChI=1S/C10H11N3O/c1-6-12-9-4-3-7(11)5-8(9)10(13-6)14-2/h3-5H,11H2,1-2H3. The molecule has 72 valence electrons. The summed E-state index contributed by atoms with van der Waals surface area (Å²) in [6.07, 6.45) is 0. The molecule has 2 N–H and O–H groups in total. The number of rotatable bonds is 1. The highest BCUT2D eigenvalue weighted by Gasteiger charge is 2.05. The van der Waals surface area contributed by atoms with Crippen LogP contribution in [0.25, 0.3) is 10.9 Å². The van der Waals surface area contributed by atoms with Gasteiger partial charge in [-0.3, -0.25) is 0 Å². The maximum Gasteiger partial charge on any atom is 0.224 e. The lowest BCUT2D eigenvalue weighted by Crippen LogP contribution is -1.96. The van der Waals surface area contributed by atoms with Crippen LogP contribution >= 0.6 is 0 Å². The third-order valence-corrected chi connectivity index (χ3v) is 1.99. The van der Waals surface area contributed by atoms with E-state index in [9.17, 15) is 0 Å². The minimum atomic E-state index is 0.569. The summed E-state index contributed by atoms with van der Waals surface area (Å²) in [5.74, 6) is 1.26. The van der Waals surface area contributed by atoms with E-state index in [0.717, 1.165) is 10.9 Å². The van der Waals surface area contributed by atoms with Crippen LogP contribution in [0.15, 0.2) is 18.2 Å². The molecular weight excluding hydrogens is 178 g/mol. The molecule has 0 aliphatic rings. The van der Waals surface area contributed by atoms with Gasteiger partial charge in [0, 0.05) is 5.69 Å². The first-order valence-corrected chi connectivity index (χ1v) is 4.28. The molecule has 0 saturated carbocycles. The highest BCUT2D eigenvalue weighted by Crippen LogP contribution is 2.23. The van der Waals surface area contributed by atoms with Gasteiger partial charge in [-0.15, -0.1) is 0 Å². The summed E-state index contributed by atoms with van der Waals surface area (Å²) in [4.78, 5) is 8.45. The molecule has 0 unspecified atom stereocenters. The van der Waals surface area contributed by atoms with E-state index >= 15 is 0 Å². The van der Waals surface area contributed by atoms with Crippen molar-refractivity contribution in [2.45, 2.75) is 6.92 Å². The first-order chi connectivity index (χ1) is 6.70. The minimum Gasteiger partial charge on any atom is -0.480 e. The molecule has 0 atom stereocenters. The highest BCUT2D eigenvalue weighted by molar-refractivity contribution is 5.86. The van der Waals surface area contributed by atoms with Crippen LogP contribution in [-0.2, 0) is 0 Å². The van der Waals surface area contributed by atoms with Crippen molar-refractivity contribution in [3.05, 3.63) is 24.0 Å². The zero-order valence-corrected chi connectivity index (χ0v) is 8.11. The Kier molecular flexibility index (Phi) is 1.96. The predicted octanol–water partition coefficient (Wildman–Crippen LogP) is 1.53. The van der Waals surface area contributed by atoms with Crippen LogP contribution in [-0.4, -0.2) is 17.1 Å². The minimum absolute atomic E-state index is 0.569. The molecule has 0 aliphatic carbocycles. The zero-order chi connectivity index (χ0) is 10.1. The Hall–Kier alpha value is -1.84. The van der Waals surface area contributed by atoms with Crippen molar-refractivity contribution < 1.29 is 4.74 Å². The Morgan fingerprint density at radius 2 is 2.07 bits per heavy atom. The molecule has 0 spiro atoms. The van der Waals surface area contributed by atoms with Gasteiger partial charge in [-0.1, -0.05) is 0 Å². The maximum atomic E-state index is 5.67. The Morgan fingerprint density at radius 1 is 1.29 bits per heavy atom. The van der Waals surface area contributed by atoms with E-state index in [-0.39, 0.29) is 0 Å². The van der Waals surface area contributed by atoms with Crippen molar-refractivity contribution in [2.75, 3.05) is 12.8 Å². The molecule has 0 radical (unpaired) electrons. The van der Waals surface area contributed by atoms with Crippen molar-refractivity contribution in [3.8, 4) is 5.88 Å². The summed E-state index contributed by atoms with van der Waals surface area (Å²) in [5, 5.41) is 0.845. The smallest absolute Gasteiger partial charge is 0.224 e. The Morgan fingerprint density at radius 3 is 2.79 bits per heavy atom. The predicted molar refractivity (Wildman–Crippen MR) is 55.2 cm³/mol. The molecule has 1 aromatic carbocycles. The lowest BCUT2D eigenvalue weighted by molar-refractivity contribution is 0.401. The van der Waals surface area contributed by atoms with Crippen molar-refractivity contribution in [1.82, 2.24) is 9.97 Å². The van der Waals surface area contributed by atoms with Crippen molar-refractivity contribution in [3.63, 3.8) is 0 Å². The normalized spacial score (nSPS) is 10.4. The van der Waals surface area contributed by atoms with Crippen LogP contribution in [0.5, 0.6) is 5.88 Å². The second kappa shape index (κ2) is 3.14. The molecule has 1 aromatic heterocycles. The summed E-state index contributed by atoms with van der Waals surface area (Å²) in [7, 11) is 1.59. The highest BCUT2D eigenvalue weighted by atomic mass is 16.5. The monoisotopic (exact) mass is 189 g/mol. The van der Waals surface area contributed by atoms with Gasteiger partial charge in [0.2, 0.25) is 5.88 Å². The van der Waals surface area contributed by atoms with E-state index in [2.05, 4.69) is 9.97 Å². The fraction of sp³-hybridized carbons (Fsp3) is 0.200. The number of ether oxygens (including phenoxy) is 1. The van der Waals surface area contributed by atoms with Crippen LogP contribution < -0.4 is 10.5 Å². The number of fused-ring (bicyclic) bond motifs is 1. The number of anilines is 1. The Balaban J connectivity index is 2.81. The zero-order valence-electron chi connectivity index (χ0n) is 8.11. The fourth-order valence-electron chi connectivity index (χ4n) is 1.38. The number of aryl methyl sites for hydroxylation is 1. The summed E-state index contributed by atoms with van der Waals surface area (Å²) < 4.78 is 5.16. The number of hydrogen-bond donors (Lipinski definition) is 1. The van der Waals surface area contributed by atoms with Crippen molar-refractivity contribution in [1.29, 1.82) is 0 Å². The topological polar surface area (TPSA) is 61.0 Å². The first kappa shape index (κ1) is 8.74. The SMILES string of the molecule is COc1nc(C)nc2ccc(N)cc12. The Bertz CT molecular complexity index is 482. The second-order valence-electron chi connectivity index (χ2n) is 3.06. The molecule has 0 saturated heterocycles. The van der Waals surface area contributed by atoms with Crippen LogP contribution in [0.4, 0.5) is 5.69 Å². The van der Waals surface area contributed by atoms with Crippen LogP contribution in [0.3, 0.4) is 0 Å². The third-order valence-electron chi connectivity index (χ3n) is 1.99. The molecule has 2 rings (SSSR count). The van der Waals surface area contributed by atoms with Crippen LogP contribution in [0.1, 0.15) is 5.82 Å².